The van der Waals surface area contributed by atoms with E-state index in [2.05, 4.69) is 6.92 Å². The molecule has 0 aromatic carbocycles. The van der Waals surface area contributed by atoms with Crippen LogP contribution in [0.4, 0.5) is 0 Å². The molecule has 4 rings (SSSR count). The topological polar surface area (TPSA) is 127 Å². The van der Waals surface area contributed by atoms with Crippen LogP contribution in [-0.4, -0.2) is 66.6 Å². The summed E-state index contributed by atoms with van der Waals surface area (Å²) in [7, 11) is 0. The lowest BCUT2D eigenvalue weighted by molar-refractivity contribution is -0.202. The molecule has 4 saturated carbocycles. The number of hydrogen-bond donors (Lipinski definition) is 5. The van der Waals surface area contributed by atoms with Crippen molar-refractivity contribution in [2.24, 2.45) is 28.6 Å². The summed E-state index contributed by atoms with van der Waals surface area (Å²) in [6.45, 7) is 9.02. The maximum atomic E-state index is 12.8. The standard InChI is InChI=1S/C26H44O7/c1-6-7-8-9-20(29)33-21-15-10-11-16-24(5,31)17-12-18(27)22(2,3)26(17,32)19(28)13-25(16,21)14-23(15,4)30/h15-19,21,27-28,30-32H,6-14H2,1-5H3/t15?,16?,17?,18?,19?,21-,23-,24-,25+,26?/m1/s1. The molecule has 0 heterocycles. The van der Waals surface area contributed by atoms with E-state index >= 15 is 0 Å². The first-order valence-electron chi connectivity index (χ1n) is 12.9. The maximum absolute atomic E-state index is 12.8. The zero-order chi connectivity index (χ0) is 24.6. The van der Waals surface area contributed by atoms with Crippen molar-refractivity contribution >= 4 is 5.97 Å². The van der Waals surface area contributed by atoms with Gasteiger partial charge in [-0.05, 0) is 58.3 Å². The second kappa shape index (κ2) is 7.89. The fourth-order valence-corrected chi connectivity index (χ4v) is 8.68. The molecule has 0 amide bonds. The van der Waals surface area contributed by atoms with Gasteiger partial charge in [-0.15, -0.1) is 0 Å². The second-order valence-electron chi connectivity index (χ2n) is 12.7. The van der Waals surface area contributed by atoms with Gasteiger partial charge < -0.3 is 30.3 Å². The third-order valence-corrected chi connectivity index (χ3v) is 10.5. The number of hydrogen-bond acceptors (Lipinski definition) is 7. The van der Waals surface area contributed by atoms with Gasteiger partial charge in [0.15, 0.2) is 0 Å². The van der Waals surface area contributed by atoms with Crippen LogP contribution in [0.15, 0.2) is 0 Å². The van der Waals surface area contributed by atoms with Gasteiger partial charge in [-0.3, -0.25) is 4.79 Å². The van der Waals surface area contributed by atoms with Crippen molar-refractivity contribution in [2.45, 2.75) is 128 Å². The number of aliphatic hydroxyl groups is 5. The number of fused-ring (bicyclic) bond motifs is 2. The molecule has 6 unspecified atom stereocenters. The Balaban J connectivity index is 1.77. The average molecular weight is 469 g/mol. The minimum absolute atomic E-state index is 0.108. The van der Waals surface area contributed by atoms with Gasteiger partial charge in [-0.2, -0.15) is 0 Å². The van der Waals surface area contributed by atoms with Crippen molar-refractivity contribution in [2.75, 3.05) is 0 Å². The number of esters is 1. The number of carbonyl (C=O) groups excluding carboxylic acids is 1. The van der Waals surface area contributed by atoms with Crippen LogP contribution in [0.3, 0.4) is 0 Å². The normalized spacial score (nSPS) is 52.7. The van der Waals surface area contributed by atoms with Crippen molar-refractivity contribution in [1.29, 1.82) is 0 Å². The largest absolute Gasteiger partial charge is 0.461 e. The van der Waals surface area contributed by atoms with Gasteiger partial charge in [0.05, 0.1) is 23.4 Å². The summed E-state index contributed by atoms with van der Waals surface area (Å²) in [6.07, 6.45) is 2.04. The fraction of sp³-hybridized carbons (Fsp3) is 0.962. The van der Waals surface area contributed by atoms with Crippen molar-refractivity contribution in [3.05, 3.63) is 0 Å². The van der Waals surface area contributed by atoms with Crippen LogP contribution in [0.5, 0.6) is 0 Å². The Kier molecular flexibility index (Phi) is 6.06. The van der Waals surface area contributed by atoms with Gasteiger partial charge in [0.25, 0.3) is 0 Å². The summed E-state index contributed by atoms with van der Waals surface area (Å²) in [6, 6.07) is 0. The number of unbranched alkanes of at least 4 members (excludes halogenated alkanes) is 2. The zero-order valence-corrected chi connectivity index (χ0v) is 20.9. The van der Waals surface area contributed by atoms with E-state index in [9.17, 15) is 30.3 Å². The van der Waals surface area contributed by atoms with Crippen molar-refractivity contribution in [3.63, 3.8) is 0 Å². The number of ether oxygens (including phenoxy) is 1. The van der Waals surface area contributed by atoms with Crippen LogP contribution in [0.1, 0.15) is 92.4 Å². The SMILES string of the molecule is CCCCCC(=O)O[C@@H]1C2CCC3[C@@](C)(O)C4CC(O)C(C)(C)C4(O)C(O)C[C@]31C[C@@]2(C)O. The highest BCUT2D eigenvalue weighted by Crippen LogP contribution is 2.70. The first kappa shape index (κ1) is 25.4. The van der Waals surface area contributed by atoms with Crippen molar-refractivity contribution in [3.8, 4) is 0 Å². The van der Waals surface area contributed by atoms with Crippen molar-refractivity contribution < 1.29 is 35.1 Å². The Hall–Kier alpha value is -0.730. The fourth-order valence-electron chi connectivity index (χ4n) is 8.68. The van der Waals surface area contributed by atoms with Gasteiger partial charge in [-0.1, -0.05) is 33.6 Å². The van der Waals surface area contributed by atoms with E-state index in [1.165, 1.54) is 0 Å². The molecule has 4 aliphatic carbocycles. The van der Waals surface area contributed by atoms with E-state index < -0.39 is 57.8 Å². The quantitative estimate of drug-likeness (QED) is 0.309. The molecule has 190 valence electrons. The van der Waals surface area contributed by atoms with Crippen molar-refractivity contribution in [1.82, 2.24) is 0 Å². The van der Waals surface area contributed by atoms with E-state index in [1.807, 2.05) is 0 Å². The highest BCUT2D eigenvalue weighted by molar-refractivity contribution is 5.69. The van der Waals surface area contributed by atoms with Crippen LogP contribution >= 0.6 is 0 Å². The molecule has 4 fully saturated rings. The molecule has 0 aliphatic heterocycles. The molecule has 5 N–H and O–H groups in total. The van der Waals surface area contributed by atoms with Crippen LogP contribution in [-0.2, 0) is 9.53 Å². The third kappa shape index (κ3) is 3.36. The highest BCUT2D eigenvalue weighted by Gasteiger charge is 2.77. The molecule has 4 aliphatic rings. The maximum Gasteiger partial charge on any atom is 0.306 e. The summed E-state index contributed by atoms with van der Waals surface area (Å²) >= 11 is 0. The molecule has 0 radical (unpaired) electrons. The number of aliphatic hydroxyl groups excluding tert-OH is 2. The predicted molar refractivity (Wildman–Crippen MR) is 122 cm³/mol. The number of rotatable bonds is 5. The Morgan fingerprint density at radius 2 is 1.64 bits per heavy atom. The monoisotopic (exact) mass is 468 g/mol. The van der Waals surface area contributed by atoms with Crippen LogP contribution < -0.4 is 0 Å². The van der Waals surface area contributed by atoms with Crippen LogP contribution in [0.2, 0.25) is 0 Å². The van der Waals surface area contributed by atoms with Crippen LogP contribution in [0, 0.1) is 28.6 Å². The van der Waals surface area contributed by atoms with Gasteiger partial charge in [-0.25, -0.2) is 0 Å². The lowest BCUT2D eigenvalue weighted by atomic mass is 9.57. The molecule has 0 saturated heterocycles. The molecule has 0 aromatic rings. The molecule has 10 atom stereocenters. The van der Waals surface area contributed by atoms with Gasteiger partial charge in [0.2, 0.25) is 0 Å². The summed E-state index contributed by atoms with van der Waals surface area (Å²) in [5.41, 5.74) is -6.11. The van der Waals surface area contributed by atoms with E-state index in [0.717, 1.165) is 19.3 Å². The molecule has 7 heteroatoms. The third-order valence-electron chi connectivity index (χ3n) is 10.5. The Bertz CT molecular complexity index is 777. The summed E-state index contributed by atoms with van der Waals surface area (Å²) in [5, 5.41) is 57.8. The summed E-state index contributed by atoms with van der Waals surface area (Å²) in [5.74, 6) is -1.71. The molecular formula is C26H44O7. The van der Waals surface area contributed by atoms with E-state index in [0.29, 0.717) is 25.7 Å². The average Bonchev–Trinajstić information content (AvgIpc) is 2.93. The van der Waals surface area contributed by atoms with E-state index in [1.54, 1.807) is 27.7 Å². The molecule has 7 nitrogen and oxygen atoms in total. The molecule has 2 bridgehead atoms. The first-order chi connectivity index (χ1) is 15.2. The Morgan fingerprint density at radius 1 is 0.970 bits per heavy atom. The molecule has 33 heavy (non-hydrogen) atoms. The molecule has 0 aromatic heterocycles. The minimum Gasteiger partial charge on any atom is -0.461 e. The Labute approximate surface area is 197 Å². The second-order valence-corrected chi connectivity index (χ2v) is 12.7. The lowest BCUT2D eigenvalue weighted by Gasteiger charge is -2.52. The van der Waals surface area contributed by atoms with Gasteiger partial charge >= 0.3 is 5.97 Å². The van der Waals surface area contributed by atoms with E-state index in [-0.39, 0.29) is 24.7 Å². The zero-order valence-electron chi connectivity index (χ0n) is 20.9. The minimum atomic E-state index is -1.71. The summed E-state index contributed by atoms with van der Waals surface area (Å²) in [4.78, 5) is 12.8. The lowest BCUT2D eigenvalue weighted by Crippen LogP contribution is -2.60. The van der Waals surface area contributed by atoms with Gasteiger partial charge in [0.1, 0.15) is 11.7 Å². The summed E-state index contributed by atoms with van der Waals surface area (Å²) < 4.78 is 6.09. The van der Waals surface area contributed by atoms with Crippen LogP contribution in [0.25, 0.3) is 0 Å². The Morgan fingerprint density at radius 3 is 2.27 bits per heavy atom. The smallest absolute Gasteiger partial charge is 0.306 e. The molecular weight excluding hydrogens is 424 g/mol. The molecule has 1 spiro atoms. The van der Waals surface area contributed by atoms with Gasteiger partial charge in [0, 0.05) is 29.1 Å². The van der Waals surface area contributed by atoms with E-state index in [4.69, 9.17) is 4.74 Å². The first-order valence-corrected chi connectivity index (χ1v) is 12.9. The predicted octanol–water partition coefficient (Wildman–Crippen LogP) is 2.30. The highest BCUT2D eigenvalue weighted by atomic mass is 16.5. The number of carbonyl (C=O) groups is 1.